The lowest BCUT2D eigenvalue weighted by atomic mass is 9.83. The van der Waals surface area contributed by atoms with Crippen LogP contribution in [0.1, 0.15) is 21.9 Å². The van der Waals surface area contributed by atoms with Crippen LogP contribution >= 0.6 is 46.3 Å². The van der Waals surface area contributed by atoms with Gasteiger partial charge in [0.1, 0.15) is 11.8 Å². The number of nitrogens with zero attached hydrogens (tertiary/aromatic N) is 2. The van der Waals surface area contributed by atoms with Crippen molar-refractivity contribution in [1.82, 2.24) is 4.57 Å². The number of thiazole rings is 1. The monoisotopic (exact) mass is 609 g/mol. The molecule has 7 nitrogen and oxygen atoms in total. The van der Waals surface area contributed by atoms with Gasteiger partial charge in [0.25, 0.3) is 0 Å². The minimum Gasteiger partial charge on any atom is -0.325 e. The van der Waals surface area contributed by atoms with Gasteiger partial charge in [0, 0.05) is 16.5 Å². The molecule has 3 heterocycles. The first-order valence-electron chi connectivity index (χ1n) is 12.4. The number of halogens is 2. The van der Waals surface area contributed by atoms with Crippen LogP contribution in [0.2, 0.25) is 10.0 Å². The summed E-state index contributed by atoms with van der Waals surface area (Å²) in [5, 5.41) is 3.04. The third kappa shape index (κ3) is 4.56. The molecule has 3 aromatic carbocycles. The van der Waals surface area contributed by atoms with Crippen molar-refractivity contribution in [3.8, 4) is 0 Å². The molecule has 2 aliphatic heterocycles. The lowest BCUT2D eigenvalue weighted by Crippen LogP contribution is -2.33. The van der Waals surface area contributed by atoms with E-state index in [2.05, 4.69) is 5.32 Å². The molecule has 1 aromatic heterocycles. The first kappa shape index (κ1) is 26.8. The van der Waals surface area contributed by atoms with Crippen LogP contribution in [0.4, 0.5) is 11.4 Å². The fraction of sp³-hybridized carbons (Fsp3) is 0.172. The molecule has 6 rings (SSSR count). The van der Waals surface area contributed by atoms with Crippen LogP contribution in [0.5, 0.6) is 0 Å². The number of nitrogens with one attached hydrogen (secondary N) is 1. The summed E-state index contributed by atoms with van der Waals surface area (Å²) in [5.41, 5.74) is 2.69. The summed E-state index contributed by atoms with van der Waals surface area (Å²) >= 11 is 15.1. The molecule has 1 saturated heterocycles. The number of imide groups is 1. The Bertz CT molecular complexity index is 1720. The summed E-state index contributed by atoms with van der Waals surface area (Å²) in [6.07, 6.45) is 0. The smallest absolute Gasteiger partial charge is 0.308 e. The Labute approximate surface area is 247 Å². The van der Waals surface area contributed by atoms with Crippen LogP contribution < -0.4 is 15.1 Å². The molecule has 0 bridgehead atoms. The molecular formula is C29H21Cl2N3O4S2. The summed E-state index contributed by atoms with van der Waals surface area (Å²) in [7, 11) is 0. The van der Waals surface area contributed by atoms with E-state index in [9.17, 15) is 19.2 Å². The predicted octanol–water partition coefficient (Wildman–Crippen LogP) is 5.96. The van der Waals surface area contributed by atoms with E-state index >= 15 is 0 Å². The van der Waals surface area contributed by atoms with Gasteiger partial charge in [-0.15, -0.1) is 0 Å². The molecular weight excluding hydrogens is 589 g/mol. The zero-order valence-corrected chi connectivity index (χ0v) is 24.1. The Morgan fingerprint density at radius 1 is 0.925 bits per heavy atom. The number of fused-ring (bicyclic) bond motifs is 2. The van der Waals surface area contributed by atoms with Crippen molar-refractivity contribution >= 4 is 75.4 Å². The number of carbonyl (C=O) groups is 3. The van der Waals surface area contributed by atoms with E-state index in [1.807, 2.05) is 25.1 Å². The number of amides is 3. The summed E-state index contributed by atoms with van der Waals surface area (Å²) in [5.74, 6) is -2.64. The summed E-state index contributed by atoms with van der Waals surface area (Å²) in [4.78, 5) is 55.4. The van der Waals surface area contributed by atoms with Crippen molar-refractivity contribution in [2.75, 3.05) is 10.2 Å². The van der Waals surface area contributed by atoms with E-state index in [4.69, 9.17) is 23.2 Å². The van der Waals surface area contributed by atoms with Crippen molar-refractivity contribution in [2.24, 2.45) is 5.92 Å². The molecule has 0 saturated carbocycles. The van der Waals surface area contributed by atoms with E-state index in [1.54, 1.807) is 54.6 Å². The molecule has 0 spiro atoms. The van der Waals surface area contributed by atoms with Gasteiger partial charge in [-0.3, -0.25) is 23.7 Å². The molecule has 4 aromatic rings. The maximum absolute atomic E-state index is 13.9. The van der Waals surface area contributed by atoms with Gasteiger partial charge in [0.15, 0.2) is 0 Å². The average molecular weight is 611 g/mol. The van der Waals surface area contributed by atoms with Crippen molar-refractivity contribution < 1.29 is 14.4 Å². The molecule has 0 radical (unpaired) electrons. The number of aryl methyl sites for hydroxylation is 1. The summed E-state index contributed by atoms with van der Waals surface area (Å²) in [6.45, 7) is 1.70. The lowest BCUT2D eigenvalue weighted by Gasteiger charge is -2.31. The molecule has 40 heavy (non-hydrogen) atoms. The summed E-state index contributed by atoms with van der Waals surface area (Å²) in [6, 6.07) is 21.2. The Hall–Kier alpha value is -3.37. The topological polar surface area (TPSA) is 88.5 Å². The quantitative estimate of drug-likeness (QED) is 0.282. The van der Waals surface area contributed by atoms with Crippen LogP contribution in [0, 0.1) is 12.8 Å². The minimum atomic E-state index is -0.819. The highest BCUT2D eigenvalue weighted by atomic mass is 35.5. The molecule has 2 unspecified atom stereocenters. The molecule has 1 fully saturated rings. The Balaban J connectivity index is 1.44. The largest absolute Gasteiger partial charge is 0.325 e. The highest BCUT2D eigenvalue weighted by molar-refractivity contribution is 8.00. The van der Waals surface area contributed by atoms with Crippen LogP contribution in [-0.4, -0.2) is 27.5 Å². The Kier molecular flexibility index (Phi) is 7.08. The molecule has 3 amide bonds. The number of thioether (sulfide) groups is 1. The van der Waals surface area contributed by atoms with Gasteiger partial charge in [-0.05, 0) is 42.8 Å². The van der Waals surface area contributed by atoms with Crippen molar-refractivity contribution in [3.63, 3.8) is 0 Å². The Morgan fingerprint density at radius 3 is 2.38 bits per heavy atom. The highest BCUT2D eigenvalue weighted by Crippen LogP contribution is 2.55. The van der Waals surface area contributed by atoms with Crippen LogP contribution in [-0.2, 0) is 20.9 Å². The van der Waals surface area contributed by atoms with E-state index in [0.29, 0.717) is 31.9 Å². The molecule has 3 atom stereocenters. The van der Waals surface area contributed by atoms with E-state index in [1.165, 1.54) is 9.47 Å². The van der Waals surface area contributed by atoms with Gasteiger partial charge in [-0.2, -0.15) is 0 Å². The van der Waals surface area contributed by atoms with E-state index in [0.717, 1.165) is 28.7 Å². The van der Waals surface area contributed by atoms with E-state index in [-0.39, 0.29) is 34.2 Å². The third-order valence-electron chi connectivity index (χ3n) is 7.02. The van der Waals surface area contributed by atoms with Gasteiger partial charge < -0.3 is 5.32 Å². The minimum absolute atomic E-state index is 0.247. The fourth-order valence-electron chi connectivity index (χ4n) is 5.16. The molecule has 0 aliphatic carbocycles. The van der Waals surface area contributed by atoms with Crippen molar-refractivity contribution in [1.29, 1.82) is 0 Å². The molecule has 202 valence electrons. The second-order valence-electron chi connectivity index (χ2n) is 9.57. The number of hydrogen-bond acceptors (Lipinski definition) is 6. The van der Waals surface area contributed by atoms with Crippen molar-refractivity contribution in [3.05, 3.63) is 109 Å². The fourth-order valence-corrected chi connectivity index (χ4v) is 8.35. The zero-order chi connectivity index (χ0) is 28.1. The van der Waals surface area contributed by atoms with Gasteiger partial charge in [-0.1, -0.05) is 94.3 Å². The first-order chi connectivity index (χ1) is 19.2. The number of para-hydroxylation sites is 1. The zero-order valence-electron chi connectivity index (χ0n) is 21.0. The number of carbonyl (C=O) groups excluding carboxylic acids is 3. The van der Waals surface area contributed by atoms with Gasteiger partial charge in [-0.25, -0.2) is 4.90 Å². The normalized spacial score (nSPS) is 19.9. The van der Waals surface area contributed by atoms with Crippen molar-refractivity contribution in [2.45, 2.75) is 29.7 Å². The second kappa shape index (κ2) is 10.6. The van der Waals surface area contributed by atoms with E-state index < -0.39 is 17.1 Å². The lowest BCUT2D eigenvalue weighted by molar-refractivity contribution is -0.122. The van der Waals surface area contributed by atoms with Gasteiger partial charge in [0.05, 0.1) is 26.7 Å². The Morgan fingerprint density at radius 2 is 1.65 bits per heavy atom. The maximum Gasteiger partial charge on any atom is 0.308 e. The molecule has 1 N–H and O–H groups in total. The number of benzene rings is 3. The summed E-state index contributed by atoms with van der Waals surface area (Å²) < 4.78 is 1.37. The van der Waals surface area contributed by atoms with Gasteiger partial charge >= 0.3 is 4.87 Å². The van der Waals surface area contributed by atoms with Crippen LogP contribution in [0.25, 0.3) is 0 Å². The SMILES string of the molecule is Cc1ccc(NC(=O)Cn2c3c(sc2=O)[C@H](c2cccc(Cl)c2Cl)C2C(=O)N(c4ccccc4)C(=O)C2S3)cc1. The van der Waals surface area contributed by atoms with Crippen LogP contribution in [0.15, 0.2) is 82.6 Å². The maximum atomic E-state index is 13.9. The molecule has 2 aliphatic rings. The second-order valence-corrected chi connectivity index (χ2v) is 12.5. The predicted molar refractivity (Wildman–Crippen MR) is 159 cm³/mol. The van der Waals surface area contributed by atoms with Crippen LogP contribution in [0.3, 0.4) is 0 Å². The van der Waals surface area contributed by atoms with Gasteiger partial charge in [0.2, 0.25) is 17.7 Å². The number of anilines is 2. The number of hydrogen-bond donors (Lipinski definition) is 1. The first-order valence-corrected chi connectivity index (χ1v) is 14.8. The molecule has 11 heteroatoms. The average Bonchev–Trinajstić information content (AvgIpc) is 3.38. The number of rotatable bonds is 5. The number of aromatic nitrogens is 1. The standard InChI is InChI=1S/C29H21Cl2N3O4S2/c1-15-10-12-16(13-11-15)32-20(35)14-33-28-25(40-29(33)38)21(18-8-5-9-19(30)23(18)31)22-24(39-28)27(37)34(26(22)36)17-6-3-2-4-7-17/h2-13,21-22,24H,14H2,1H3,(H,32,35)/t21-,22?,24?/m1/s1. The highest BCUT2D eigenvalue weighted by Gasteiger charge is 2.57. The third-order valence-corrected chi connectivity index (χ3v) is 10.5.